The zero-order valence-electron chi connectivity index (χ0n) is 14.7. The second kappa shape index (κ2) is 7.69. The highest BCUT2D eigenvalue weighted by Crippen LogP contribution is 2.44. The highest BCUT2D eigenvalue weighted by atomic mass is 35.5. The Kier molecular flexibility index (Phi) is 6.30. The highest BCUT2D eigenvalue weighted by Gasteiger charge is 2.38. The van der Waals surface area contributed by atoms with E-state index in [9.17, 15) is 21.9 Å². The Labute approximate surface area is 169 Å². The molecule has 7 nitrogen and oxygen atoms in total. The van der Waals surface area contributed by atoms with Crippen LogP contribution < -0.4 is 5.14 Å². The number of primary sulfonamides is 1. The number of aromatic hydroxyl groups is 1. The maximum atomic E-state index is 13.1. The van der Waals surface area contributed by atoms with Gasteiger partial charge in [0.15, 0.2) is 9.84 Å². The second-order valence-corrected chi connectivity index (χ2v) is 11.8. The van der Waals surface area contributed by atoms with Crippen molar-refractivity contribution in [2.45, 2.75) is 33.1 Å². The molecule has 150 valence electrons. The number of nitrogens with zero attached hydrogens (tertiary/aromatic N) is 1. The Morgan fingerprint density at radius 3 is 2.56 bits per heavy atom. The maximum Gasteiger partial charge on any atom is 0.247 e. The molecule has 3 N–H and O–H groups in total. The monoisotopic (exact) mass is 452 g/mol. The molecule has 0 aliphatic carbocycles. The molecule has 0 saturated carbocycles. The molecule has 0 spiro atoms. The smallest absolute Gasteiger partial charge is 0.247 e. The van der Waals surface area contributed by atoms with Gasteiger partial charge in [-0.15, -0.1) is 23.7 Å². The van der Waals surface area contributed by atoms with E-state index in [2.05, 4.69) is 0 Å². The number of benzene rings is 1. The second-order valence-electron chi connectivity index (χ2n) is 6.62. The maximum absolute atomic E-state index is 13.1. The summed E-state index contributed by atoms with van der Waals surface area (Å²) in [5.74, 6) is 0.115. The minimum atomic E-state index is -3.94. The Morgan fingerprint density at radius 1 is 1.30 bits per heavy atom. The molecule has 1 aromatic heterocycles. The first-order valence-corrected chi connectivity index (χ1v) is 11.8. The average Bonchev–Trinajstić information content (AvgIpc) is 2.95. The number of hydrogen-bond donors (Lipinski definition) is 2. The predicted octanol–water partition coefficient (Wildman–Crippen LogP) is 2.05. The van der Waals surface area contributed by atoms with Crippen LogP contribution in [0, 0.1) is 0 Å². The predicted molar refractivity (Wildman–Crippen MR) is 107 cm³/mol. The van der Waals surface area contributed by atoms with Gasteiger partial charge < -0.3 is 10.0 Å². The van der Waals surface area contributed by atoms with Gasteiger partial charge in [-0.1, -0.05) is 6.07 Å². The third kappa shape index (κ3) is 4.30. The molecule has 0 saturated heterocycles. The minimum Gasteiger partial charge on any atom is -0.508 e. The molecule has 0 radical (unpaired) electrons. The molecular formula is C16H21ClN2O5S3. The summed E-state index contributed by atoms with van der Waals surface area (Å²) in [5.41, 5.74) is 1.74. The molecule has 27 heavy (non-hydrogen) atoms. The van der Waals surface area contributed by atoms with Crippen LogP contribution in [0.15, 0.2) is 32.7 Å². The lowest BCUT2D eigenvalue weighted by atomic mass is 10.0. The van der Waals surface area contributed by atoms with Crippen LogP contribution in [0.5, 0.6) is 5.75 Å². The van der Waals surface area contributed by atoms with E-state index in [0.29, 0.717) is 47.4 Å². The number of aryl methyl sites for hydroxylation is 1. The molecule has 2 aromatic rings. The van der Waals surface area contributed by atoms with Crippen LogP contribution in [-0.4, -0.2) is 40.9 Å². The van der Waals surface area contributed by atoms with Crippen molar-refractivity contribution >= 4 is 43.6 Å². The summed E-state index contributed by atoms with van der Waals surface area (Å²) in [5, 5.41) is 14.4. The standard InChI is InChI=1S/C16H20N2O5S3.ClH/c1-18(2)9-12-7-10(3-5-13(12)19)14-6-4-11-8-15(26(17,22)23)24-16(11)25(14,20)21;/h3,5,7-8,14,19H,4,6,9H2,1-2H3,(H2,17,22,23);1H. The van der Waals surface area contributed by atoms with Crippen molar-refractivity contribution < 1.29 is 21.9 Å². The minimum absolute atomic E-state index is 0. The molecule has 3 rings (SSSR count). The van der Waals surface area contributed by atoms with Crippen LogP contribution in [-0.2, 0) is 32.8 Å². The number of sulfonamides is 1. The van der Waals surface area contributed by atoms with Crippen LogP contribution in [0.3, 0.4) is 0 Å². The Bertz CT molecular complexity index is 1060. The number of halogens is 1. The largest absolute Gasteiger partial charge is 0.508 e. The number of fused-ring (bicyclic) bond motifs is 1. The fourth-order valence-electron chi connectivity index (χ4n) is 3.13. The van der Waals surface area contributed by atoms with Crippen LogP contribution in [0.4, 0.5) is 0 Å². The lowest BCUT2D eigenvalue weighted by molar-refractivity contribution is 0.385. The average molecular weight is 453 g/mol. The van der Waals surface area contributed by atoms with E-state index >= 15 is 0 Å². The van der Waals surface area contributed by atoms with Crippen molar-refractivity contribution in [3.8, 4) is 5.75 Å². The van der Waals surface area contributed by atoms with E-state index in [1.807, 2.05) is 19.0 Å². The van der Waals surface area contributed by atoms with Crippen molar-refractivity contribution in [1.29, 1.82) is 0 Å². The molecule has 0 fully saturated rings. The van der Waals surface area contributed by atoms with Gasteiger partial charge in [-0.2, -0.15) is 0 Å². The van der Waals surface area contributed by atoms with Gasteiger partial charge in [0.05, 0.1) is 5.25 Å². The Balaban J connectivity index is 0.00000261. The Morgan fingerprint density at radius 2 is 1.96 bits per heavy atom. The first-order chi connectivity index (χ1) is 12.0. The SMILES string of the molecule is CN(C)Cc1cc(C2CCc3cc(S(N)(=O)=O)sc3S2(=O)=O)ccc1O.Cl. The van der Waals surface area contributed by atoms with Gasteiger partial charge in [-0.3, -0.25) is 0 Å². The third-order valence-corrected chi connectivity index (χ3v) is 9.67. The van der Waals surface area contributed by atoms with Gasteiger partial charge in [0.2, 0.25) is 10.0 Å². The molecule has 1 aromatic carbocycles. The van der Waals surface area contributed by atoms with E-state index in [0.717, 1.165) is 0 Å². The highest BCUT2D eigenvalue weighted by molar-refractivity contribution is 7.95. The number of rotatable bonds is 4. The summed E-state index contributed by atoms with van der Waals surface area (Å²) >= 11 is 0.707. The Hall–Kier alpha value is -1.17. The van der Waals surface area contributed by atoms with Gasteiger partial charge in [0.1, 0.15) is 14.2 Å². The molecule has 1 aliphatic heterocycles. The summed E-state index contributed by atoms with van der Waals surface area (Å²) < 4.78 is 49.2. The fraction of sp³-hybridized carbons (Fsp3) is 0.375. The zero-order valence-corrected chi connectivity index (χ0v) is 18.0. The van der Waals surface area contributed by atoms with Gasteiger partial charge >= 0.3 is 0 Å². The summed E-state index contributed by atoms with van der Waals surface area (Å²) in [4.78, 5) is 1.88. The van der Waals surface area contributed by atoms with Crippen LogP contribution >= 0.6 is 23.7 Å². The number of hydrogen-bond acceptors (Lipinski definition) is 7. The topological polar surface area (TPSA) is 118 Å². The van der Waals surface area contributed by atoms with E-state index in [1.54, 1.807) is 12.1 Å². The fourth-order valence-corrected chi connectivity index (χ4v) is 7.79. The summed E-state index contributed by atoms with van der Waals surface area (Å²) in [6.07, 6.45) is 0.803. The van der Waals surface area contributed by atoms with Crippen molar-refractivity contribution in [3.05, 3.63) is 41.0 Å². The van der Waals surface area contributed by atoms with Crippen molar-refractivity contribution in [1.82, 2.24) is 4.90 Å². The van der Waals surface area contributed by atoms with Gasteiger partial charge in [0, 0.05) is 12.1 Å². The van der Waals surface area contributed by atoms with Crippen molar-refractivity contribution in [3.63, 3.8) is 0 Å². The van der Waals surface area contributed by atoms with Gasteiger partial charge in [0.25, 0.3) is 0 Å². The molecule has 1 aliphatic rings. The lowest BCUT2D eigenvalue weighted by Gasteiger charge is -2.23. The molecule has 1 unspecified atom stereocenters. The van der Waals surface area contributed by atoms with Crippen molar-refractivity contribution in [2.24, 2.45) is 5.14 Å². The number of sulfone groups is 1. The summed E-state index contributed by atoms with van der Waals surface area (Å²) in [6, 6.07) is 6.17. The first kappa shape index (κ1) is 22.1. The summed E-state index contributed by atoms with van der Waals surface area (Å²) in [7, 11) is -3.96. The first-order valence-electron chi connectivity index (χ1n) is 7.86. The molecule has 11 heteroatoms. The van der Waals surface area contributed by atoms with E-state index in [1.165, 1.54) is 12.1 Å². The molecule has 0 bridgehead atoms. The molecule has 2 heterocycles. The van der Waals surface area contributed by atoms with Crippen LogP contribution in [0.25, 0.3) is 0 Å². The van der Waals surface area contributed by atoms with E-state index < -0.39 is 25.1 Å². The van der Waals surface area contributed by atoms with Crippen LogP contribution in [0.1, 0.15) is 28.4 Å². The zero-order chi connectivity index (χ0) is 19.3. The van der Waals surface area contributed by atoms with Crippen molar-refractivity contribution in [2.75, 3.05) is 14.1 Å². The van der Waals surface area contributed by atoms with E-state index in [4.69, 9.17) is 5.14 Å². The van der Waals surface area contributed by atoms with Gasteiger partial charge in [-0.25, -0.2) is 22.0 Å². The third-order valence-electron chi connectivity index (χ3n) is 4.30. The molecule has 1 atom stereocenters. The number of nitrogens with two attached hydrogens (primary N) is 1. The molecule has 0 amide bonds. The number of phenolic OH excluding ortho intramolecular Hbond substituents is 1. The summed E-state index contributed by atoms with van der Waals surface area (Å²) in [6.45, 7) is 0.478. The normalized spacial score (nSPS) is 18.7. The number of phenols is 1. The number of thiophene rings is 1. The van der Waals surface area contributed by atoms with E-state index in [-0.39, 0.29) is 26.6 Å². The molecular weight excluding hydrogens is 432 g/mol. The van der Waals surface area contributed by atoms with Gasteiger partial charge in [-0.05, 0) is 56.3 Å². The lowest BCUT2D eigenvalue weighted by Crippen LogP contribution is -2.20. The van der Waals surface area contributed by atoms with Crippen LogP contribution in [0.2, 0.25) is 0 Å². The quantitative estimate of drug-likeness (QED) is 0.732.